The van der Waals surface area contributed by atoms with Crippen molar-refractivity contribution in [1.29, 1.82) is 5.26 Å². The first-order chi connectivity index (χ1) is 7.78. The molecule has 0 aliphatic carbocycles. The summed E-state index contributed by atoms with van der Waals surface area (Å²) in [6, 6.07) is 5.72. The van der Waals surface area contributed by atoms with Crippen LogP contribution >= 0.6 is 0 Å². The number of aromatic nitrogens is 2. The molecule has 5 nitrogen and oxygen atoms in total. The molecule has 0 unspecified atom stereocenters. The third-order valence-electron chi connectivity index (χ3n) is 2.01. The van der Waals surface area contributed by atoms with Crippen LogP contribution in [0, 0.1) is 18.3 Å². The van der Waals surface area contributed by atoms with Gasteiger partial charge in [0.2, 0.25) is 0 Å². The molecule has 2 aromatic heterocycles. The predicted octanol–water partition coefficient (Wildman–Crippen LogP) is 1.86. The Morgan fingerprint density at radius 2 is 2.25 bits per heavy atom. The van der Waals surface area contributed by atoms with Gasteiger partial charge in [-0.05, 0) is 19.1 Å². The number of anilines is 1. The van der Waals surface area contributed by atoms with Crippen molar-refractivity contribution in [3.63, 3.8) is 0 Å². The van der Waals surface area contributed by atoms with Crippen LogP contribution in [0.2, 0.25) is 0 Å². The maximum absolute atomic E-state index is 8.55. The largest absolute Gasteiger partial charge is 0.465 e. The molecule has 0 aliphatic rings. The van der Waals surface area contributed by atoms with Crippen LogP contribution in [-0.4, -0.2) is 9.97 Å². The molecule has 0 aliphatic heterocycles. The maximum Gasteiger partial charge on any atom is 0.158 e. The fourth-order valence-electron chi connectivity index (χ4n) is 1.23. The molecule has 0 spiro atoms. The highest BCUT2D eigenvalue weighted by molar-refractivity contribution is 5.33. The summed E-state index contributed by atoms with van der Waals surface area (Å²) in [7, 11) is 0. The summed E-state index contributed by atoms with van der Waals surface area (Å²) in [4.78, 5) is 7.93. The van der Waals surface area contributed by atoms with Gasteiger partial charge >= 0.3 is 0 Å². The lowest BCUT2D eigenvalue weighted by Gasteiger charge is -2.01. The van der Waals surface area contributed by atoms with Crippen LogP contribution in [0.4, 0.5) is 5.82 Å². The Morgan fingerprint density at radius 1 is 1.38 bits per heavy atom. The van der Waals surface area contributed by atoms with Gasteiger partial charge in [-0.3, -0.25) is 0 Å². The number of hydrogen-bond donors (Lipinski definition) is 1. The van der Waals surface area contributed by atoms with Gasteiger partial charge in [-0.2, -0.15) is 5.26 Å². The van der Waals surface area contributed by atoms with E-state index < -0.39 is 0 Å². The number of furan rings is 1. The fraction of sp³-hybridized carbons (Fsp3) is 0.182. The van der Waals surface area contributed by atoms with Crippen LogP contribution in [0.1, 0.15) is 17.2 Å². The molecule has 0 bridgehead atoms. The molecule has 2 heterocycles. The van der Waals surface area contributed by atoms with Gasteiger partial charge in [-0.15, -0.1) is 0 Å². The molecule has 1 N–H and O–H groups in total. The Morgan fingerprint density at radius 3 is 2.81 bits per heavy atom. The first-order valence-corrected chi connectivity index (χ1v) is 4.79. The van der Waals surface area contributed by atoms with E-state index in [0.717, 1.165) is 11.5 Å². The molecule has 0 atom stereocenters. The van der Waals surface area contributed by atoms with Gasteiger partial charge in [0, 0.05) is 0 Å². The minimum atomic E-state index is 0.305. The van der Waals surface area contributed by atoms with Crippen molar-refractivity contribution in [1.82, 2.24) is 9.97 Å². The summed E-state index contributed by atoms with van der Waals surface area (Å²) < 4.78 is 5.39. The number of hydrogen-bond acceptors (Lipinski definition) is 5. The number of nitriles is 1. The summed E-state index contributed by atoms with van der Waals surface area (Å²) >= 11 is 0. The standard InChI is InChI=1S/C11H10N4O/c1-8-2-3-10(16-8)6-15-11-7-13-9(4-12)5-14-11/h2-3,5,7H,6H2,1H3,(H,14,15). The molecule has 0 fully saturated rings. The summed E-state index contributed by atoms with van der Waals surface area (Å²) in [6.07, 6.45) is 2.95. The molecule has 0 radical (unpaired) electrons. The Balaban J connectivity index is 1.97. The van der Waals surface area contributed by atoms with Crippen LogP contribution < -0.4 is 5.32 Å². The summed E-state index contributed by atoms with van der Waals surface area (Å²) in [5.41, 5.74) is 0.305. The van der Waals surface area contributed by atoms with Gasteiger partial charge in [0.1, 0.15) is 23.4 Å². The second kappa shape index (κ2) is 4.45. The number of nitrogens with zero attached hydrogens (tertiary/aromatic N) is 3. The quantitative estimate of drug-likeness (QED) is 0.844. The number of rotatable bonds is 3. The summed E-state index contributed by atoms with van der Waals surface area (Å²) in [6.45, 7) is 2.44. The van der Waals surface area contributed by atoms with E-state index in [4.69, 9.17) is 9.68 Å². The van der Waals surface area contributed by atoms with Crippen molar-refractivity contribution in [3.8, 4) is 6.07 Å². The van der Waals surface area contributed by atoms with E-state index in [2.05, 4.69) is 15.3 Å². The molecule has 5 heteroatoms. The minimum Gasteiger partial charge on any atom is -0.465 e. The van der Waals surface area contributed by atoms with Crippen molar-refractivity contribution in [2.45, 2.75) is 13.5 Å². The Bertz CT molecular complexity index is 510. The highest BCUT2D eigenvalue weighted by Crippen LogP contribution is 2.08. The van der Waals surface area contributed by atoms with Crippen molar-refractivity contribution < 1.29 is 4.42 Å². The normalized spacial score (nSPS) is 9.75. The molecule has 0 saturated carbocycles. The van der Waals surface area contributed by atoms with E-state index in [-0.39, 0.29) is 0 Å². The van der Waals surface area contributed by atoms with Crippen LogP contribution in [0.25, 0.3) is 0 Å². The van der Waals surface area contributed by atoms with Crippen molar-refractivity contribution in [2.24, 2.45) is 0 Å². The van der Waals surface area contributed by atoms with Crippen molar-refractivity contribution >= 4 is 5.82 Å². The molecule has 2 aromatic rings. The minimum absolute atomic E-state index is 0.305. The lowest BCUT2D eigenvalue weighted by molar-refractivity contribution is 0.490. The third-order valence-corrected chi connectivity index (χ3v) is 2.01. The molecule has 80 valence electrons. The second-order valence-electron chi connectivity index (χ2n) is 3.26. The van der Waals surface area contributed by atoms with E-state index in [0.29, 0.717) is 18.1 Å². The first kappa shape index (κ1) is 10.2. The maximum atomic E-state index is 8.55. The van der Waals surface area contributed by atoms with E-state index in [9.17, 15) is 0 Å². The molecule has 16 heavy (non-hydrogen) atoms. The van der Waals surface area contributed by atoms with E-state index in [1.54, 1.807) is 0 Å². The fourth-order valence-corrected chi connectivity index (χ4v) is 1.23. The average Bonchev–Trinajstić information content (AvgIpc) is 2.73. The van der Waals surface area contributed by atoms with E-state index in [1.165, 1.54) is 12.4 Å². The third kappa shape index (κ3) is 2.36. The lowest BCUT2D eigenvalue weighted by atomic mass is 10.4. The average molecular weight is 214 g/mol. The molecule has 0 aromatic carbocycles. The highest BCUT2D eigenvalue weighted by atomic mass is 16.3. The van der Waals surface area contributed by atoms with Crippen molar-refractivity contribution in [2.75, 3.05) is 5.32 Å². The Kier molecular flexibility index (Phi) is 2.83. The highest BCUT2D eigenvalue weighted by Gasteiger charge is 2.00. The van der Waals surface area contributed by atoms with Crippen LogP contribution in [-0.2, 0) is 6.54 Å². The lowest BCUT2D eigenvalue weighted by Crippen LogP contribution is -2.01. The predicted molar refractivity (Wildman–Crippen MR) is 57.5 cm³/mol. The van der Waals surface area contributed by atoms with Gasteiger partial charge < -0.3 is 9.73 Å². The summed E-state index contributed by atoms with van der Waals surface area (Å²) in [5.74, 6) is 2.33. The zero-order valence-corrected chi connectivity index (χ0v) is 8.77. The number of nitrogens with one attached hydrogen (secondary N) is 1. The van der Waals surface area contributed by atoms with Crippen LogP contribution in [0.5, 0.6) is 0 Å². The van der Waals surface area contributed by atoms with Crippen molar-refractivity contribution in [3.05, 3.63) is 41.7 Å². The van der Waals surface area contributed by atoms with Gasteiger partial charge in [-0.25, -0.2) is 9.97 Å². The molecular weight excluding hydrogens is 204 g/mol. The van der Waals surface area contributed by atoms with Gasteiger partial charge in [0.25, 0.3) is 0 Å². The van der Waals surface area contributed by atoms with E-state index >= 15 is 0 Å². The monoisotopic (exact) mass is 214 g/mol. The Hall–Kier alpha value is -2.35. The first-order valence-electron chi connectivity index (χ1n) is 4.79. The summed E-state index contributed by atoms with van der Waals surface area (Å²) in [5, 5.41) is 11.6. The smallest absolute Gasteiger partial charge is 0.158 e. The zero-order chi connectivity index (χ0) is 11.4. The van der Waals surface area contributed by atoms with Crippen LogP contribution in [0.15, 0.2) is 28.9 Å². The SMILES string of the molecule is Cc1ccc(CNc2cnc(C#N)cn2)o1. The molecule has 2 rings (SSSR count). The van der Waals surface area contributed by atoms with Gasteiger partial charge in [0.05, 0.1) is 18.9 Å². The van der Waals surface area contributed by atoms with Gasteiger partial charge in [-0.1, -0.05) is 0 Å². The molecule has 0 amide bonds. The molecular formula is C11H10N4O. The Labute approximate surface area is 92.8 Å². The number of aryl methyl sites for hydroxylation is 1. The zero-order valence-electron chi connectivity index (χ0n) is 8.77. The topological polar surface area (TPSA) is 74.7 Å². The van der Waals surface area contributed by atoms with E-state index in [1.807, 2.05) is 25.1 Å². The van der Waals surface area contributed by atoms with Crippen LogP contribution in [0.3, 0.4) is 0 Å². The van der Waals surface area contributed by atoms with Gasteiger partial charge in [0.15, 0.2) is 5.69 Å². The second-order valence-corrected chi connectivity index (χ2v) is 3.26. The molecule has 0 saturated heterocycles.